The maximum Gasteiger partial charge on any atom is 0.519 e. The highest BCUT2D eigenvalue weighted by atomic mass is 32.2. The molecule has 2 saturated carbocycles. The standard InChI is InChI=1S/C19H23NO11S/c1-7-12(30-16(23)28-7)5-10-4-11-14(9(3)32(25,26)27)18(11,19(10,20)15(21)22)6-13-8(2)29-17(24)31-13/h9-11,14H,4-6,20H2,1-3H3,(H,21,22)(H,25,26,27)/t9?,10?,11-,14+,18+,19-/m1/s1. The van der Waals surface area contributed by atoms with E-state index in [1.807, 2.05) is 0 Å². The topological polar surface area (TPSA) is 204 Å². The molecule has 0 aliphatic heterocycles. The first kappa shape index (κ1) is 22.6. The van der Waals surface area contributed by atoms with E-state index in [0.717, 1.165) is 0 Å². The number of nitrogens with two attached hydrogens (primary N) is 1. The maximum absolute atomic E-state index is 12.6. The molecule has 4 N–H and O–H groups in total. The van der Waals surface area contributed by atoms with E-state index >= 15 is 0 Å². The van der Waals surface area contributed by atoms with Crippen molar-refractivity contribution in [1.29, 1.82) is 0 Å². The molecule has 13 heteroatoms. The molecule has 4 rings (SSSR count). The second kappa shape index (κ2) is 6.93. The first-order valence-electron chi connectivity index (χ1n) is 9.90. The van der Waals surface area contributed by atoms with Crippen molar-refractivity contribution in [3.05, 3.63) is 44.3 Å². The van der Waals surface area contributed by atoms with Crippen LogP contribution in [0.1, 0.15) is 36.4 Å². The van der Waals surface area contributed by atoms with Gasteiger partial charge in [-0.05, 0) is 44.9 Å². The highest BCUT2D eigenvalue weighted by molar-refractivity contribution is 7.86. The van der Waals surface area contributed by atoms with Gasteiger partial charge in [0.2, 0.25) is 0 Å². The Morgan fingerprint density at radius 3 is 2.09 bits per heavy atom. The van der Waals surface area contributed by atoms with Crippen LogP contribution in [0.25, 0.3) is 0 Å². The Morgan fingerprint density at radius 1 is 1.12 bits per heavy atom. The fourth-order valence-corrected chi connectivity index (χ4v) is 6.70. The van der Waals surface area contributed by atoms with E-state index in [-0.39, 0.29) is 42.3 Å². The van der Waals surface area contributed by atoms with Crippen molar-refractivity contribution in [2.24, 2.45) is 28.9 Å². The van der Waals surface area contributed by atoms with E-state index in [9.17, 15) is 32.5 Å². The van der Waals surface area contributed by atoms with Gasteiger partial charge in [0, 0.05) is 18.3 Å². The third-order valence-corrected chi connectivity index (χ3v) is 8.65. The summed E-state index contributed by atoms with van der Waals surface area (Å²) in [6.07, 6.45) is -0.0178. The summed E-state index contributed by atoms with van der Waals surface area (Å²) in [7, 11) is -4.51. The second-order valence-electron chi connectivity index (χ2n) is 8.75. The SMILES string of the molecule is Cc1oc(=O)oc1CC1C[C@@H]2[C@H](C(C)S(=O)(=O)O)[C@@]2(Cc2oc(=O)oc2C)[C@]1(N)C(=O)O. The molecule has 0 saturated heterocycles. The van der Waals surface area contributed by atoms with Crippen LogP contribution in [0, 0.1) is 37.0 Å². The lowest BCUT2D eigenvalue weighted by molar-refractivity contribution is -0.148. The normalized spacial score (nSPS) is 32.6. The largest absolute Gasteiger partial charge is 0.519 e. The van der Waals surface area contributed by atoms with Crippen molar-refractivity contribution in [3.63, 3.8) is 0 Å². The van der Waals surface area contributed by atoms with Gasteiger partial charge in [0.25, 0.3) is 10.1 Å². The molecule has 0 aromatic carbocycles. The van der Waals surface area contributed by atoms with Gasteiger partial charge >= 0.3 is 17.6 Å². The van der Waals surface area contributed by atoms with Gasteiger partial charge in [-0.2, -0.15) is 8.42 Å². The molecule has 2 aliphatic rings. The first-order chi connectivity index (χ1) is 14.7. The minimum atomic E-state index is -4.51. The van der Waals surface area contributed by atoms with Gasteiger partial charge in [0.15, 0.2) is 0 Å². The predicted molar refractivity (Wildman–Crippen MR) is 104 cm³/mol. The Balaban J connectivity index is 1.82. The summed E-state index contributed by atoms with van der Waals surface area (Å²) in [5, 5.41) is 8.94. The fourth-order valence-electron chi connectivity index (χ4n) is 5.89. The lowest BCUT2D eigenvalue weighted by atomic mass is 9.70. The monoisotopic (exact) mass is 473 g/mol. The van der Waals surface area contributed by atoms with Crippen molar-refractivity contribution in [1.82, 2.24) is 0 Å². The van der Waals surface area contributed by atoms with Gasteiger partial charge in [-0.25, -0.2) is 9.59 Å². The molecule has 0 amide bonds. The summed E-state index contributed by atoms with van der Waals surface area (Å²) in [6, 6.07) is 0. The highest BCUT2D eigenvalue weighted by Gasteiger charge is 2.83. The molecule has 2 aliphatic carbocycles. The van der Waals surface area contributed by atoms with Crippen LogP contribution >= 0.6 is 0 Å². The van der Waals surface area contributed by atoms with Crippen LogP contribution in [0.5, 0.6) is 0 Å². The van der Waals surface area contributed by atoms with E-state index in [1.54, 1.807) is 0 Å². The van der Waals surface area contributed by atoms with Crippen LogP contribution in [0.4, 0.5) is 0 Å². The molecule has 2 fully saturated rings. The van der Waals surface area contributed by atoms with Crippen LogP contribution < -0.4 is 17.4 Å². The van der Waals surface area contributed by atoms with Crippen LogP contribution in [-0.2, 0) is 27.8 Å². The number of carboxylic acids is 1. The average Bonchev–Trinajstić information content (AvgIpc) is 2.82. The Morgan fingerprint density at radius 2 is 1.66 bits per heavy atom. The van der Waals surface area contributed by atoms with Crippen LogP contribution in [0.3, 0.4) is 0 Å². The summed E-state index contributed by atoms with van der Waals surface area (Å²) < 4.78 is 53.3. The zero-order valence-corrected chi connectivity index (χ0v) is 18.3. The molecule has 2 heterocycles. The summed E-state index contributed by atoms with van der Waals surface area (Å²) in [5.74, 6) is -4.86. The molecular formula is C19H23NO11S. The Bertz CT molecular complexity index is 1300. The van der Waals surface area contributed by atoms with Crippen molar-refractivity contribution in [2.45, 2.75) is 50.8 Å². The van der Waals surface area contributed by atoms with Crippen molar-refractivity contribution in [2.75, 3.05) is 0 Å². The van der Waals surface area contributed by atoms with Gasteiger partial charge in [-0.1, -0.05) is 0 Å². The number of hydrogen-bond donors (Lipinski definition) is 3. The summed E-state index contributed by atoms with van der Waals surface area (Å²) in [4.78, 5) is 35.6. The number of fused-ring (bicyclic) bond motifs is 1. The van der Waals surface area contributed by atoms with Gasteiger partial charge in [-0.3, -0.25) is 9.35 Å². The smallest absolute Gasteiger partial charge is 0.480 e. The molecule has 176 valence electrons. The van der Waals surface area contributed by atoms with Crippen molar-refractivity contribution in [3.8, 4) is 0 Å². The quantitative estimate of drug-likeness (QED) is 0.470. The van der Waals surface area contributed by atoms with E-state index in [2.05, 4.69) is 0 Å². The molecule has 2 aromatic heterocycles. The summed E-state index contributed by atoms with van der Waals surface area (Å²) in [6.45, 7) is 4.25. The third-order valence-electron chi connectivity index (χ3n) is 7.42. The van der Waals surface area contributed by atoms with E-state index in [1.165, 1.54) is 20.8 Å². The van der Waals surface area contributed by atoms with Gasteiger partial charge in [0.1, 0.15) is 28.6 Å². The molecular weight excluding hydrogens is 450 g/mol. The third kappa shape index (κ3) is 3.02. The minimum Gasteiger partial charge on any atom is -0.480 e. The van der Waals surface area contributed by atoms with E-state index in [4.69, 9.17) is 23.4 Å². The number of rotatable bonds is 7. The number of hydrogen-bond acceptors (Lipinski definition) is 10. The molecule has 32 heavy (non-hydrogen) atoms. The number of aliphatic carboxylic acids is 1. The molecule has 2 unspecified atom stereocenters. The fraction of sp³-hybridized carbons (Fsp3) is 0.632. The highest BCUT2D eigenvalue weighted by Crippen LogP contribution is 2.76. The van der Waals surface area contributed by atoms with Gasteiger partial charge < -0.3 is 28.5 Å². The molecule has 0 spiro atoms. The maximum atomic E-state index is 12.6. The van der Waals surface area contributed by atoms with Crippen molar-refractivity contribution >= 4 is 16.1 Å². The predicted octanol–water partition coefficient (Wildman–Crippen LogP) is 0.492. The van der Waals surface area contributed by atoms with Crippen LogP contribution in [0.2, 0.25) is 0 Å². The summed E-state index contributed by atoms with van der Waals surface area (Å²) >= 11 is 0. The second-order valence-corrected chi connectivity index (χ2v) is 10.5. The lowest BCUT2D eigenvalue weighted by Crippen LogP contribution is -2.61. The number of aryl methyl sites for hydroxylation is 2. The number of carboxylic acid groups (broad SMARTS) is 1. The lowest BCUT2D eigenvalue weighted by Gasteiger charge is -2.38. The molecule has 0 bridgehead atoms. The van der Waals surface area contributed by atoms with Crippen molar-refractivity contribution < 1.29 is 40.5 Å². The van der Waals surface area contributed by atoms with Crippen LogP contribution in [0.15, 0.2) is 27.3 Å². The minimum absolute atomic E-state index is 0.0279. The van der Waals surface area contributed by atoms with Crippen LogP contribution in [-0.4, -0.2) is 34.8 Å². The molecule has 2 aromatic rings. The molecule has 12 nitrogen and oxygen atoms in total. The van der Waals surface area contributed by atoms with E-state index in [0.29, 0.717) is 0 Å². The zero-order chi connectivity index (χ0) is 23.8. The Kier molecular flexibility index (Phi) is 4.88. The first-order valence-corrected chi connectivity index (χ1v) is 11.4. The average molecular weight is 473 g/mol. The number of carbonyl (C=O) groups is 1. The molecule has 0 radical (unpaired) electrons. The Hall–Kier alpha value is -2.64. The summed E-state index contributed by atoms with van der Waals surface area (Å²) in [5.41, 5.74) is 3.22. The Labute approximate surface area is 181 Å². The van der Waals surface area contributed by atoms with E-state index < -0.39 is 61.7 Å². The molecule has 6 atom stereocenters. The zero-order valence-electron chi connectivity index (χ0n) is 17.5. The van der Waals surface area contributed by atoms with Gasteiger partial charge in [0.05, 0.1) is 5.25 Å². The van der Waals surface area contributed by atoms with Gasteiger partial charge in [-0.15, -0.1) is 0 Å².